The third-order valence-electron chi connectivity index (χ3n) is 2.97. The molecule has 0 aliphatic carbocycles. The lowest BCUT2D eigenvalue weighted by Crippen LogP contribution is -2.28. The highest BCUT2D eigenvalue weighted by molar-refractivity contribution is 5.79. The fourth-order valence-corrected chi connectivity index (χ4v) is 1.90. The first kappa shape index (κ1) is 19.5. The van der Waals surface area contributed by atoms with Crippen LogP contribution in [0.15, 0.2) is 12.1 Å². The first-order chi connectivity index (χ1) is 11.2. The Hall–Kier alpha value is -2.58. The van der Waals surface area contributed by atoms with Crippen LogP contribution in [0.3, 0.4) is 0 Å². The molecule has 1 aromatic carbocycles. The van der Waals surface area contributed by atoms with Crippen molar-refractivity contribution in [3.63, 3.8) is 0 Å². The van der Waals surface area contributed by atoms with Gasteiger partial charge in [0, 0.05) is 25.5 Å². The van der Waals surface area contributed by atoms with Crippen molar-refractivity contribution in [2.45, 2.75) is 25.9 Å². The number of hydrogen-bond acceptors (Lipinski definition) is 5. The van der Waals surface area contributed by atoms with E-state index >= 15 is 0 Å². The highest BCUT2D eigenvalue weighted by Crippen LogP contribution is 2.31. The van der Waals surface area contributed by atoms with Crippen molar-refractivity contribution < 1.29 is 37.0 Å². The molecule has 0 radical (unpaired) electrons. The quantitative estimate of drug-likeness (QED) is 0.460. The zero-order valence-corrected chi connectivity index (χ0v) is 13.0. The number of carbonyl (C=O) groups excluding carboxylic acids is 3. The Morgan fingerprint density at radius 2 is 1.83 bits per heavy atom. The van der Waals surface area contributed by atoms with Crippen molar-refractivity contribution >= 4 is 18.2 Å². The number of esters is 1. The van der Waals surface area contributed by atoms with E-state index < -0.39 is 12.1 Å². The van der Waals surface area contributed by atoms with Gasteiger partial charge in [0.25, 0.3) is 0 Å². The van der Waals surface area contributed by atoms with E-state index in [1.807, 2.05) is 0 Å². The standard InChI is InChI=1S/C15H16F3NO5/c1-9(21)19-5-3-10-8-13(24-14(22)15(16,17)18)11(4-6-20)7-12(10)23-2/h6-8H,3-5H2,1-2H3,(H,19,21). The Balaban J connectivity index is 3.15. The third-order valence-corrected chi connectivity index (χ3v) is 2.97. The highest BCUT2D eigenvalue weighted by atomic mass is 19.4. The van der Waals surface area contributed by atoms with E-state index in [1.54, 1.807) is 0 Å². The summed E-state index contributed by atoms with van der Waals surface area (Å²) in [5.74, 6) is -2.71. The molecule has 0 atom stereocenters. The van der Waals surface area contributed by atoms with Crippen molar-refractivity contribution in [3.05, 3.63) is 23.3 Å². The predicted octanol–water partition coefficient (Wildman–Crippen LogP) is 1.58. The van der Waals surface area contributed by atoms with Gasteiger partial charge < -0.3 is 19.6 Å². The molecule has 0 unspecified atom stereocenters. The van der Waals surface area contributed by atoms with Gasteiger partial charge in [-0.3, -0.25) is 4.79 Å². The van der Waals surface area contributed by atoms with Crippen LogP contribution in [0.5, 0.6) is 11.5 Å². The largest absolute Gasteiger partial charge is 0.496 e. The van der Waals surface area contributed by atoms with Crippen LogP contribution in [-0.4, -0.2) is 38.0 Å². The van der Waals surface area contributed by atoms with Gasteiger partial charge in [-0.1, -0.05) is 0 Å². The van der Waals surface area contributed by atoms with E-state index in [0.717, 1.165) is 0 Å². The molecule has 24 heavy (non-hydrogen) atoms. The Morgan fingerprint density at radius 1 is 1.21 bits per heavy atom. The molecular formula is C15H16F3NO5. The van der Waals surface area contributed by atoms with Gasteiger partial charge in [0.2, 0.25) is 5.91 Å². The van der Waals surface area contributed by atoms with E-state index in [-0.39, 0.29) is 36.6 Å². The second kappa shape index (κ2) is 8.32. The summed E-state index contributed by atoms with van der Waals surface area (Å²) in [6.07, 6.45) is -4.70. The molecule has 0 aromatic heterocycles. The van der Waals surface area contributed by atoms with E-state index in [9.17, 15) is 27.6 Å². The molecule has 1 rings (SSSR count). The van der Waals surface area contributed by atoms with Gasteiger partial charge in [-0.25, -0.2) is 4.79 Å². The first-order valence-corrected chi connectivity index (χ1v) is 6.86. The number of halogens is 3. The second-order valence-corrected chi connectivity index (χ2v) is 4.76. The number of hydrogen-bond donors (Lipinski definition) is 1. The number of ether oxygens (including phenoxy) is 2. The number of carbonyl (C=O) groups is 3. The van der Waals surface area contributed by atoms with Crippen molar-refractivity contribution in [2.75, 3.05) is 13.7 Å². The van der Waals surface area contributed by atoms with Crippen LogP contribution in [0, 0.1) is 0 Å². The van der Waals surface area contributed by atoms with Crippen LogP contribution in [0.25, 0.3) is 0 Å². The maximum atomic E-state index is 12.4. The molecule has 0 saturated carbocycles. The number of methoxy groups -OCH3 is 1. The van der Waals surface area contributed by atoms with Crippen LogP contribution < -0.4 is 14.8 Å². The maximum Gasteiger partial charge on any atom is 0.491 e. The zero-order valence-electron chi connectivity index (χ0n) is 13.0. The number of rotatable bonds is 7. The highest BCUT2D eigenvalue weighted by Gasteiger charge is 2.41. The van der Waals surface area contributed by atoms with Gasteiger partial charge >= 0.3 is 12.1 Å². The molecular weight excluding hydrogens is 331 g/mol. The lowest BCUT2D eigenvalue weighted by Gasteiger charge is -2.15. The number of benzene rings is 1. The summed E-state index contributed by atoms with van der Waals surface area (Å²) in [5, 5.41) is 2.53. The molecule has 0 aliphatic rings. The summed E-state index contributed by atoms with van der Waals surface area (Å²) in [6.45, 7) is 1.53. The minimum Gasteiger partial charge on any atom is -0.496 e. The number of alkyl halides is 3. The van der Waals surface area contributed by atoms with Gasteiger partial charge in [-0.2, -0.15) is 13.2 Å². The van der Waals surface area contributed by atoms with Gasteiger partial charge in [-0.15, -0.1) is 0 Å². The maximum absolute atomic E-state index is 12.4. The molecule has 9 heteroatoms. The molecule has 1 N–H and O–H groups in total. The minimum atomic E-state index is -5.16. The van der Waals surface area contributed by atoms with Crippen molar-refractivity contribution in [3.8, 4) is 11.5 Å². The predicted molar refractivity (Wildman–Crippen MR) is 76.8 cm³/mol. The van der Waals surface area contributed by atoms with Crippen LogP contribution in [0.4, 0.5) is 13.2 Å². The van der Waals surface area contributed by atoms with Crippen molar-refractivity contribution in [1.82, 2.24) is 5.32 Å². The van der Waals surface area contributed by atoms with Crippen LogP contribution in [-0.2, 0) is 27.2 Å². The molecule has 0 aliphatic heterocycles. The second-order valence-electron chi connectivity index (χ2n) is 4.76. The summed E-state index contributed by atoms with van der Waals surface area (Å²) in [5.41, 5.74) is 0.508. The van der Waals surface area contributed by atoms with Gasteiger partial charge in [-0.05, 0) is 24.1 Å². The SMILES string of the molecule is COc1cc(CC=O)c(OC(=O)C(F)(F)F)cc1CCNC(C)=O. The molecule has 1 amide bonds. The molecule has 0 heterocycles. The van der Waals surface area contributed by atoms with Crippen LogP contribution in [0.1, 0.15) is 18.1 Å². The molecule has 0 fully saturated rings. The molecule has 1 aromatic rings. The molecule has 0 saturated heterocycles. The Bertz CT molecular complexity index is 628. The molecule has 0 spiro atoms. The van der Waals surface area contributed by atoms with E-state index in [2.05, 4.69) is 10.1 Å². The summed E-state index contributed by atoms with van der Waals surface area (Å²) in [4.78, 5) is 32.6. The number of aldehydes is 1. The summed E-state index contributed by atoms with van der Waals surface area (Å²) in [7, 11) is 1.35. The fourth-order valence-electron chi connectivity index (χ4n) is 1.90. The van der Waals surface area contributed by atoms with Crippen LogP contribution in [0.2, 0.25) is 0 Å². The number of nitrogens with one attached hydrogen (secondary N) is 1. The Labute approximate surface area is 135 Å². The van der Waals surface area contributed by atoms with Crippen molar-refractivity contribution in [2.24, 2.45) is 0 Å². The normalized spacial score (nSPS) is 10.9. The molecule has 132 valence electrons. The molecule has 0 bridgehead atoms. The average Bonchev–Trinajstić information content (AvgIpc) is 2.48. The molecule has 6 nitrogen and oxygen atoms in total. The topological polar surface area (TPSA) is 81.7 Å². The summed E-state index contributed by atoms with van der Waals surface area (Å²) >= 11 is 0. The van der Waals surface area contributed by atoms with Crippen LogP contribution >= 0.6 is 0 Å². The number of amides is 1. The van der Waals surface area contributed by atoms with Gasteiger partial charge in [0.15, 0.2) is 0 Å². The van der Waals surface area contributed by atoms with Gasteiger partial charge in [0.1, 0.15) is 17.8 Å². The monoisotopic (exact) mass is 347 g/mol. The summed E-state index contributed by atoms with van der Waals surface area (Å²) < 4.78 is 46.6. The smallest absolute Gasteiger partial charge is 0.491 e. The van der Waals surface area contributed by atoms with Crippen molar-refractivity contribution in [1.29, 1.82) is 0 Å². The fraction of sp³-hybridized carbons (Fsp3) is 0.400. The lowest BCUT2D eigenvalue weighted by atomic mass is 10.0. The Kier molecular flexibility index (Phi) is 6.75. The summed E-state index contributed by atoms with van der Waals surface area (Å²) in [6, 6.07) is 2.53. The van der Waals surface area contributed by atoms with Gasteiger partial charge in [0.05, 0.1) is 7.11 Å². The third kappa shape index (κ3) is 5.56. The van der Waals surface area contributed by atoms with E-state index in [0.29, 0.717) is 17.6 Å². The average molecular weight is 347 g/mol. The Morgan fingerprint density at radius 3 is 2.33 bits per heavy atom. The first-order valence-electron chi connectivity index (χ1n) is 6.86. The van der Waals surface area contributed by atoms with E-state index in [4.69, 9.17) is 4.74 Å². The zero-order chi connectivity index (χ0) is 18.3. The lowest BCUT2D eigenvalue weighted by molar-refractivity contribution is -0.189. The minimum absolute atomic E-state index is 0.0859. The van der Waals surface area contributed by atoms with E-state index in [1.165, 1.54) is 26.2 Å².